The van der Waals surface area contributed by atoms with E-state index in [1.165, 1.54) is 23.1 Å². The average Bonchev–Trinajstić information content (AvgIpc) is 3.13. The maximum atomic E-state index is 12.9. The number of benzene rings is 2. The van der Waals surface area contributed by atoms with Gasteiger partial charge in [0, 0.05) is 48.8 Å². The van der Waals surface area contributed by atoms with Gasteiger partial charge >= 0.3 is 0 Å². The highest BCUT2D eigenvalue weighted by atomic mass is 32.2. The van der Waals surface area contributed by atoms with Crippen molar-refractivity contribution < 1.29 is 22.9 Å². The number of Topliss-reactive ketones (excluding diaryl/α,β-unsaturated/α-hetero) is 1. The number of aromatic amines is 1. The predicted octanol–water partition coefficient (Wildman–Crippen LogP) is 2.10. The second kappa shape index (κ2) is 8.17. The van der Waals surface area contributed by atoms with E-state index in [2.05, 4.69) is 4.98 Å². The van der Waals surface area contributed by atoms with Gasteiger partial charge in [-0.3, -0.25) is 19.7 Å². The molecule has 0 aliphatic carbocycles. The fraction of sp³-hybridized carbons (Fsp3) is 0.238. The average molecular weight is 456 g/mol. The number of amides is 1. The molecular formula is C21H20N4O6S. The van der Waals surface area contributed by atoms with Crippen molar-refractivity contribution in [1.82, 2.24) is 14.2 Å². The van der Waals surface area contributed by atoms with Gasteiger partial charge in [-0.15, -0.1) is 0 Å². The monoisotopic (exact) mass is 456 g/mol. The molecule has 0 atom stereocenters. The lowest BCUT2D eigenvalue weighted by Crippen LogP contribution is -2.52. The summed E-state index contributed by atoms with van der Waals surface area (Å²) in [6.07, 6.45) is 0. The van der Waals surface area contributed by atoms with E-state index in [-0.39, 0.29) is 26.2 Å². The Kier molecular flexibility index (Phi) is 5.53. The first kappa shape index (κ1) is 21.7. The van der Waals surface area contributed by atoms with Crippen LogP contribution in [0, 0.1) is 17.0 Å². The SMILES string of the molecule is Cc1[nH]c2ccccc2c1C(=O)C(=O)N1CCN(S(=O)(=O)c2ccccc2[N+](=O)[O-])CC1. The fourth-order valence-corrected chi connectivity index (χ4v) is 5.50. The van der Waals surface area contributed by atoms with Crippen molar-refractivity contribution in [2.45, 2.75) is 11.8 Å². The Labute approximate surface area is 183 Å². The summed E-state index contributed by atoms with van der Waals surface area (Å²) in [4.78, 5) is 40.3. The Morgan fingerprint density at radius 1 is 1.00 bits per heavy atom. The summed E-state index contributed by atoms with van der Waals surface area (Å²) in [5.74, 6) is -1.37. The third-order valence-electron chi connectivity index (χ3n) is 5.52. The first-order chi connectivity index (χ1) is 15.2. The van der Waals surface area contributed by atoms with Crippen LogP contribution in [0.2, 0.25) is 0 Å². The topological polar surface area (TPSA) is 134 Å². The lowest BCUT2D eigenvalue weighted by Gasteiger charge is -2.33. The van der Waals surface area contributed by atoms with Crippen molar-refractivity contribution in [1.29, 1.82) is 0 Å². The first-order valence-corrected chi connectivity index (χ1v) is 11.3. The van der Waals surface area contributed by atoms with Crippen LogP contribution in [0.3, 0.4) is 0 Å². The highest BCUT2D eigenvalue weighted by Crippen LogP contribution is 2.27. The van der Waals surface area contributed by atoms with E-state index < -0.39 is 37.2 Å². The number of piperazine rings is 1. The van der Waals surface area contributed by atoms with Crippen LogP contribution >= 0.6 is 0 Å². The standard InChI is InChI=1S/C21H20N4O6S/c1-14-19(15-6-2-3-7-16(15)22-14)20(26)21(27)23-10-12-24(13-11-23)32(30,31)18-9-5-4-8-17(18)25(28)29/h2-9,22H,10-13H2,1H3. The minimum absolute atomic E-state index is 0.00579. The summed E-state index contributed by atoms with van der Waals surface area (Å²) in [6, 6.07) is 12.3. The number of para-hydroxylation sites is 2. The van der Waals surface area contributed by atoms with E-state index in [1.54, 1.807) is 19.1 Å². The van der Waals surface area contributed by atoms with Gasteiger partial charge in [0.25, 0.3) is 17.4 Å². The fourth-order valence-electron chi connectivity index (χ4n) is 3.92. The maximum Gasteiger partial charge on any atom is 0.295 e. The number of H-pyrrole nitrogens is 1. The highest BCUT2D eigenvalue weighted by Gasteiger charge is 2.36. The summed E-state index contributed by atoms with van der Waals surface area (Å²) in [6.45, 7) is 1.59. The van der Waals surface area contributed by atoms with Crippen molar-refractivity contribution >= 4 is 38.3 Å². The number of hydrogen-bond acceptors (Lipinski definition) is 6. The molecule has 1 amide bonds. The number of hydrogen-bond donors (Lipinski definition) is 1. The van der Waals surface area contributed by atoms with Crippen LogP contribution in [0.1, 0.15) is 16.1 Å². The third kappa shape index (κ3) is 3.65. The number of rotatable bonds is 5. The van der Waals surface area contributed by atoms with Crippen LogP contribution in [-0.2, 0) is 14.8 Å². The van der Waals surface area contributed by atoms with Gasteiger partial charge in [0.15, 0.2) is 4.90 Å². The Morgan fingerprint density at radius 2 is 1.62 bits per heavy atom. The summed E-state index contributed by atoms with van der Waals surface area (Å²) >= 11 is 0. The minimum Gasteiger partial charge on any atom is -0.358 e. The van der Waals surface area contributed by atoms with E-state index >= 15 is 0 Å². The number of ketones is 1. The number of nitrogens with zero attached hydrogens (tertiary/aromatic N) is 3. The molecular weight excluding hydrogens is 436 g/mol. The molecule has 1 aromatic heterocycles. The Balaban J connectivity index is 1.51. The van der Waals surface area contributed by atoms with Crippen LogP contribution < -0.4 is 0 Å². The molecule has 2 heterocycles. The van der Waals surface area contributed by atoms with Gasteiger partial charge in [0.1, 0.15) is 0 Å². The van der Waals surface area contributed by atoms with Gasteiger partial charge in [0.05, 0.1) is 10.5 Å². The lowest BCUT2D eigenvalue weighted by atomic mass is 10.1. The molecule has 0 bridgehead atoms. The normalized spacial score (nSPS) is 15.1. The van der Waals surface area contributed by atoms with Gasteiger partial charge in [-0.2, -0.15) is 4.31 Å². The number of nitro benzene ring substituents is 1. The summed E-state index contributed by atoms with van der Waals surface area (Å²) in [5.41, 5.74) is 1.14. The van der Waals surface area contributed by atoms with Crippen molar-refractivity contribution in [2.75, 3.05) is 26.2 Å². The molecule has 0 unspecified atom stereocenters. The van der Waals surface area contributed by atoms with Crippen molar-refractivity contribution in [3.8, 4) is 0 Å². The molecule has 10 nitrogen and oxygen atoms in total. The van der Waals surface area contributed by atoms with Crippen LogP contribution in [0.5, 0.6) is 0 Å². The van der Waals surface area contributed by atoms with Crippen molar-refractivity contribution in [3.05, 3.63) is 69.9 Å². The number of aryl methyl sites for hydroxylation is 1. The molecule has 1 fully saturated rings. The van der Waals surface area contributed by atoms with Gasteiger partial charge in [-0.25, -0.2) is 8.42 Å². The van der Waals surface area contributed by atoms with Crippen LogP contribution in [-0.4, -0.2) is 65.4 Å². The molecule has 0 radical (unpaired) electrons. The van der Waals surface area contributed by atoms with Gasteiger partial charge in [-0.1, -0.05) is 30.3 Å². The quantitative estimate of drug-likeness (QED) is 0.270. The van der Waals surface area contributed by atoms with Crippen molar-refractivity contribution in [2.24, 2.45) is 0 Å². The Hall–Kier alpha value is -3.57. The number of nitro groups is 1. The molecule has 0 spiro atoms. The van der Waals surface area contributed by atoms with Crippen LogP contribution in [0.15, 0.2) is 53.4 Å². The first-order valence-electron chi connectivity index (χ1n) is 9.86. The molecule has 166 valence electrons. The zero-order valence-electron chi connectivity index (χ0n) is 17.1. The molecule has 2 aromatic carbocycles. The van der Waals surface area contributed by atoms with Gasteiger partial charge in [-0.05, 0) is 19.1 Å². The zero-order chi connectivity index (χ0) is 23.0. The molecule has 1 aliphatic heterocycles. The van der Waals surface area contributed by atoms with Gasteiger partial charge in [0.2, 0.25) is 10.0 Å². The summed E-state index contributed by atoms with van der Waals surface area (Å²) < 4.78 is 27.0. The van der Waals surface area contributed by atoms with E-state index in [0.717, 1.165) is 15.9 Å². The predicted molar refractivity (Wildman–Crippen MR) is 116 cm³/mol. The smallest absolute Gasteiger partial charge is 0.295 e. The highest BCUT2D eigenvalue weighted by molar-refractivity contribution is 7.89. The summed E-state index contributed by atoms with van der Waals surface area (Å²) in [5, 5.41) is 11.9. The summed E-state index contributed by atoms with van der Waals surface area (Å²) in [7, 11) is -4.12. The van der Waals surface area contributed by atoms with E-state index in [9.17, 15) is 28.1 Å². The molecule has 3 aromatic rings. The molecule has 4 rings (SSSR count). The molecule has 32 heavy (non-hydrogen) atoms. The number of fused-ring (bicyclic) bond motifs is 1. The number of sulfonamides is 1. The molecule has 1 saturated heterocycles. The van der Waals surface area contributed by atoms with Gasteiger partial charge < -0.3 is 9.88 Å². The Bertz CT molecular complexity index is 1340. The van der Waals surface area contributed by atoms with Crippen LogP contribution in [0.4, 0.5) is 5.69 Å². The minimum atomic E-state index is -4.12. The van der Waals surface area contributed by atoms with E-state index in [1.807, 2.05) is 12.1 Å². The number of carbonyl (C=O) groups is 2. The number of nitrogens with one attached hydrogen (secondary N) is 1. The zero-order valence-corrected chi connectivity index (χ0v) is 18.0. The van der Waals surface area contributed by atoms with E-state index in [4.69, 9.17) is 0 Å². The second-order valence-electron chi connectivity index (χ2n) is 7.42. The maximum absolute atomic E-state index is 12.9. The third-order valence-corrected chi connectivity index (χ3v) is 7.47. The molecule has 0 saturated carbocycles. The van der Waals surface area contributed by atoms with Crippen LogP contribution in [0.25, 0.3) is 10.9 Å². The largest absolute Gasteiger partial charge is 0.358 e. The molecule has 1 N–H and O–H groups in total. The number of carbonyl (C=O) groups excluding carboxylic acids is 2. The number of aromatic nitrogens is 1. The Morgan fingerprint density at radius 3 is 2.31 bits per heavy atom. The molecule has 11 heteroatoms. The lowest BCUT2D eigenvalue weighted by molar-refractivity contribution is -0.387. The molecule has 1 aliphatic rings. The van der Waals surface area contributed by atoms with E-state index in [0.29, 0.717) is 16.6 Å². The second-order valence-corrected chi connectivity index (χ2v) is 9.33. The van der Waals surface area contributed by atoms with Crippen molar-refractivity contribution in [3.63, 3.8) is 0 Å².